The number of nitrogens with two attached hydrogens (primary N) is 1. The first-order valence-electron chi connectivity index (χ1n) is 6.14. The average Bonchev–Trinajstić information content (AvgIpc) is 2.20. The van der Waals surface area contributed by atoms with Crippen molar-refractivity contribution in [1.82, 2.24) is 10.3 Å². The van der Waals surface area contributed by atoms with Gasteiger partial charge in [0.25, 0.3) is 0 Å². The van der Waals surface area contributed by atoms with E-state index in [9.17, 15) is 4.79 Å². The molecule has 5 heteroatoms. The summed E-state index contributed by atoms with van der Waals surface area (Å²) in [5.41, 5.74) is 6.98. The van der Waals surface area contributed by atoms with E-state index in [1.54, 1.807) is 18.2 Å². The van der Waals surface area contributed by atoms with E-state index in [-0.39, 0.29) is 0 Å². The van der Waals surface area contributed by atoms with Gasteiger partial charge in [0.2, 0.25) is 0 Å². The van der Waals surface area contributed by atoms with Crippen LogP contribution in [-0.2, 0) is 4.74 Å². The van der Waals surface area contributed by atoms with Gasteiger partial charge in [-0.1, -0.05) is 6.08 Å². The van der Waals surface area contributed by atoms with E-state index in [4.69, 9.17) is 10.5 Å². The van der Waals surface area contributed by atoms with Crippen LogP contribution in [-0.4, -0.2) is 23.2 Å². The molecule has 104 valence electrons. The Morgan fingerprint density at radius 2 is 2.16 bits per heavy atom. The number of carbonyl (C=O) groups is 1. The predicted octanol–water partition coefficient (Wildman–Crippen LogP) is 2.51. The number of nitrogens with one attached hydrogen (secondary N) is 1. The molecule has 3 N–H and O–H groups in total. The minimum atomic E-state index is -0.486. The van der Waals surface area contributed by atoms with Gasteiger partial charge >= 0.3 is 6.09 Å². The van der Waals surface area contributed by atoms with Crippen LogP contribution < -0.4 is 11.1 Å². The standard InChI is InChI=1S/C14H21N3O2/c1-10-8-11(17-12(15)9-10)6-5-7-16-13(18)19-14(2,3)4/h5-6,8-9H,7H2,1-4H3,(H2,15,17)(H,16,18). The number of alkyl carbamates (subject to hydrolysis) is 1. The van der Waals surface area contributed by atoms with E-state index in [1.165, 1.54) is 0 Å². The molecule has 0 saturated carbocycles. The number of hydrogen-bond acceptors (Lipinski definition) is 4. The Morgan fingerprint density at radius 1 is 1.47 bits per heavy atom. The highest BCUT2D eigenvalue weighted by atomic mass is 16.6. The van der Waals surface area contributed by atoms with Crippen LogP contribution in [0, 0.1) is 6.92 Å². The third-order valence-electron chi connectivity index (χ3n) is 2.06. The molecule has 1 heterocycles. The Hall–Kier alpha value is -2.04. The van der Waals surface area contributed by atoms with Crippen molar-refractivity contribution in [3.8, 4) is 0 Å². The van der Waals surface area contributed by atoms with Gasteiger partial charge in [0.05, 0.1) is 5.69 Å². The maximum atomic E-state index is 11.4. The van der Waals surface area contributed by atoms with Gasteiger partial charge in [0.15, 0.2) is 0 Å². The third-order valence-corrected chi connectivity index (χ3v) is 2.06. The number of pyridine rings is 1. The second-order valence-corrected chi connectivity index (χ2v) is 5.28. The fourth-order valence-electron chi connectivity index (χ4n) is 1.44. The molecule has 1 rings (SSSR count). The van der Waals surface area contributed by atoms with Crippen molar-refractivity contribution in [3.05, 3.63) is 29.5 Å². The van der Waals surface area contributed by atoms with Crippen molar-refractivity contribution in [2.24, 2.45) is 0 Å². The summed E-state index contributed by atoms with van der Waals surface area (Å²) in [5.74, 6) is 0.486. The van der Waals surface area contributed by atoms with E-state index >= 15 is 0 Å². The molecule has 0 spiro atoms. The van der Waals surface area contributed by atoms with Crippen LogP contribution in [0.1, 0.15) is 32.0 Å². The van der Waals surface area contributed by atoms with Crippen molar-refractivity contribution >= 4 is 18.0 Å². The first kappa shape index (κ1) is 15.0. The Bertz CT molecular complexity index is 456. The molecule has 19 heavy (non-hydrogen) atoms. The van der Waals surface area contributed by atoms with Crippen LogP contribution >= 0.6 is 0 Å². The number of rotatable bonds is 3. The SMILES string of the molecule is Cc1cc(N)nc(C=CCNC(=O)OC(C)(C)C)c1. The molecule has 0 unspecified atom stereocenters. The van der Waals surface area contributed by atoms with Crippen LogP contribution in [0.2, 0.25) is 0 Å². The number of anilines is 1. The molecule has 1 aromatic rings. The summed E-state index contributed by atoms with van der Waals surface area (Å²) >= 11 is 0. The average molecular weight is 263 g/mol. The summed E-state index contributed by atoms with van der Waals surface area (Å²) in [7, 11) is 0. The number of aromatic nitrogens is 1. The first-order chi connectivity index (χ1) is 8.76. The van der Waals surface area contributed by atoms with Gasteiger partial charge < -0.3 is 15.8 Å². The Balaban J connectivity index is 2.44. The Kier molecular flexibility index (Phi) is 4.92. The van der Waals surface area contributed by atoms with Gasteiger partial charge in [-0.2, -0.15) is 0 Å². The highest BCUT2D eigenvalue weighted by Gasteiger charge is 2.14. The summed E-state index contributed by atoms with van der Waals surface area (Å²) in [6.07, 6.45) is 3.17. The molecule has 0 fully saturated rings. The number of hydrogen-bond donors (Lipinski definition) is 2. The van der Waals surface area contributed by atoms with Crippen molar-refractivity contribution in [2.45, 2.75) is 33.3 Å². The highest BCUT2D eigenvalue weighted by molar-refractivity contribution is 5.68. The summed E-state index contributed by atoms with van der Waals surface area (Å²) in [4.78, 5) is 15.5. The number of amides is 1. The quantitative estimate of drug-likeness (QED) is 0.878. The first-order valence-corrected chi connectivity index (χ1v) is 6.14. The topological polar surface area (TPSA) is 77.2 Å². The van der Waals surface area contributed by atoms with E-state index in [0.29, 0.717) is 12.4 Å². The molecule has 0 aliphatic carbocycles. The van der Waals surface area contributed by atoms with E-state index < -0.39 is 11.7 Å². The van der Waals surface area contributed by atoms with Gasteiger partial charge in [-0.05, 0) is 51.5 Å². The second kappa shape index (κ2) is 6.22. The molecule has 1 amide bonds. The lowest BCUT2D eigenvalue weighted by atomic mass is 10.2. The normalized spacial score (nSPS) is 11.6. The van der Waals surface area contributed by atoms with E-state index in [0.717, 1.165) is 11.3 Å². The van der Waals surface area contributed by atoms with Crippen molar-refractivity contribution in [1.29, 1.82) is 0 Å². The summed E-state index contributed by atoms with van der Waals surface area (Å²) < 4.78 is 5.11. The molecular formula is C14H21N3O2. The molecule has 0 aliphatic heterocycles. The van der Waals surface area contributed by atoms with Gasteiger partial charge in [0.1, 0.15) is 11.4 Å². The number of aryl methyl sites for hydroxylation is 1. The van der Waals surface area contributed by atoms with Gasteiger partial charge in [0, 0.05) is 6.54 Å². The van der Waals surface area contributed by atoms with Crippen molar-refractivity contribution in [3.63, 3.8) is 0 Å². The maximum absolute atomic E-state index is 11.4. The second-order valence-electron chi connectivity index (χ2n) is 5.28. The van der Waals surface area contributed by atoms with E-state index in [1.807, 2.05) is 33.8 Å². The Labute approximate surface area is 113 Å². The fraction of sp³-hybridized carbons (Fsp3) is 0.429. The highest BCUT2D eigenvalue weighted by Crippen LogP contribution is 2.08. The monoisotopic (exact) mass is 263 g/mol. The molecule has 0 saturated heterocycles. The van der Waals surface area contributed by atoms with Crippen molar-refractivity contribution in [2.75, 3.05) is 12.3 Å². The van der Waals surface area contributed by atoms with Crippen LogP contribution in [0.25, 0.3) is 6.08 Å². The van der Waals surface area contributed by atoms with E-state index in [2.05, 4.69) is 10.3 Å². The molecule has 0 aliphatic rings. The number of nitrogens with zero attached hydrogens (tertiary/aromatic N) is 1. The van der Waals surface area contributed by atoms with Crippen LogP contribution in [0.4, 0.5) is 10.6 Å². The summed E-state index contributed by atoms with van der Waals surface area (Å²) in [6, 6.07) is 3.72. The maximum Gasteiger partial charge on any atom is 0.407 e. The molecule has 0 radical (unpaired) electrons. The van der Waals surface area contributed by atoms with Gasteiger partial charge in [-0.25, -0.2) is 9.78 Å². The lowest BCUT2D eigenvalue weighted by molar-refractivity contribution is 0.0534. The van der Waals surface area contributed by atoms with Gasteiger partial charge in [-0.3, -0.25) is 0 Å². The lowest BCUT2D eigenvalue weighted by Gasteiger charge is -2.19. The molecule has 5 nitrogen and oxygen atoms in total. The molecule has 0 bridgehead atoms. The number of carbonyl (C=O) groups excluding carboxylic acids is 1. The molecule has 0 aromatic carbocycles. The summed E-state index contributed by atoms with van der Waals surface area (Å²) in [6.45, 7) is 7.80. The van der Waals surface area contributed by atoms with Crippen LogP contribution in [0.3, 0.4) is 0 Å². The van der Waals surface area contributed by atoms with Crippen molar-refractivity contribution < 1.29 is 9.53 Å². The zero-order chi connectivity index (χ0) is 14.5. The number of ether oxygens (including phenoxy) is 1. The fourth-order valence-corrected chi connectivity index (χ4v) is 1.44. The Morgan fingerprint density at radius 3 is 2.74 bits per heavy atom. The molecular weight excluding hydrogens is 242 g/mol. The minimum absolute atomic E-state index is 0.379. The third kappa shape index (κ3) is 6.45. The zero-order valence-corrected chi connectivity index (χ0v) is 11.9. The minimum Gasteiger partial charge on any atom is -0.444 e. The number of nitrogen functional groups attached to an aromatic ring is 1. The lowest BCUT2D eigenvalue weighted by Crippen LogP contribution is -2.32. The molecule has 0 atom stereocenters. The largest absolute Gasteiger partial charge is 0.444 e. The predicted molar refractivity (Wildman–Crippen MR) is 76.7 cm³/mol. The van der Waals surface area contributed by atoms with Crippen LogP contribution in [0.15, 0.2) is 18.2 Å². The van der Waals surface area contributed by atoms with Crippen LogP contribution in [0.5, 0.6) is 0 Å². The summed E-state index contributed by atoms with van der Waals surface area (Å²) in [5, 5.41) is 2.63. The van der Waals surface area contributed by atoms with Gasteiger partial charge in [-0.15, -0.1) is 0 Å². The smallest absolute Gasteiger partial charge is 0.407 e. The zero-order valence-electron chi connectivity index (χ0n) is 11.9. The molecule has 1 aromatic heterocycles.